The number of hydrogen-bond acceptors (Lipinski definition) is 2. The number of aromatic amines is 1. The molecule has 0 spiro atoms. The van der Waals surface area contributed by atoms with Crippen molar-refractivity contribution in [2.45, 2.75) is 0 Å². The van der Waals surface area contributed by atoms with Crippen molar-refractivity contribution in [3.05, 3.63) is 41.6 Å². The Bertz CT molecular complexity index is 551. The highest BCUT2D eigenvalue weighted by Crippen LogP contribution is 2.21. The van der Waals surface area contributed by atoms with E-state index in [1.807, 2.05) is 0 Å². The Morgan fingerprint density at radius 1 is 1.31 bits per heavy atom. The largest absolute Gasteiger partial charge is 0.364 e. The molecule has 0 aliphatic rings. The summed E-state index contributed by atoms with van der Waals surface area (Å²) < 4.78 is 26.0. The lowest BCUT2D eigenvalue weighted by Gasteiger charge is -1.97. The normalized spacial score (nSPS) is 10.4. The maximum Gasteiger partial charge on any atom is 0.266 e. The summed E-state index contributed by atoms with van der Waals surface area (Å²) in [6.45, 7) is 0. The van der Waals surface area contributed by atoms with Crippen LogP contribution in [0.25, 0.3) is 11.3 Å². The molecule has 4 nitrogen and oxygen atoms in total. The average Bonchev–Trinajstić information content (AvgIpc) is 2.66. The van der Waals surface area contributed by atoms with Crippen molar-refractivity contribution in [2.75, 3.05) is 0 Å². The van der Waals surface area contributed by atoms with Crippen LogP contribution in [0.5, 0.6) is 0 Å². The quantitative estimate of drug-likeness (QED) is 0.808. The summed E-state index contributed by atoms with van der Waals surface area (Å²) in [6.07, 6.45) is 0. The average molecular weight is 223 g/mol. The molecule has 2 aromatic rings. The van der Waals surface area contributed by atoms with E-state index in [0.717, 1.165) is 12.1 Å². The van der Waals surface area contributed by atoms with E-state index in [4.69, 9.17) is 5.73 Å². The van der Waals surface area contributed by atoms with Gasteiger partial charge in [-0.25, -0.2) is 8.78 Å². The van der Waals surface area contributed by atoms with Crippen LogP contribution in [0, 0.1) is 11.6 Å². The predicted molar refractivity (Wildman–Crippen MR) is 52.5 cm³/mol. The third kappa shape index (κ3) is 1.77. The molecule has 0 atom stereocenters. The van der Waals surface area contributed by atoms with Gasteiger partial charge >= 0.3 is 0 Å². The van der Waals surface area contributed by atoms with Gasteiger partial charge in [0.2, 0.25) is 0 Å². The van der Waals surface area contributed by atoms with Crippen molar-refractivity contribution in [2.24, 2.45) is 5.73 Å². The predicted octanol–water partition coefficient (Wildman–Crippen LogP) is 1.45. The first-order chi connectivity index (χ1) is 7.58. The number of nitrogens with zero attached hydrogens (tertiary/aromatic N) is 1. The number of nitrogens with one attached hydrogen (secondary N) is 1. The third-order valence-electron chi connectivity index (χ3n) is 2.05. The summed E-state index contributed by atoms with van der Waals surface area (Å²) in [5, 5.41) is 6.07. The number of hydrogen-bond donors (Lipinski definition) is 2. The second kappa shape index (κ2) is 3.73. The van der Waals surface area contributed by atoms with Crippen LogP contribution in [-0.2, 0) is 0 Å². The minimum absolute atomic E-state index is 0.0683. The molecule has 16 heavy (non-hydrogen) atoms. The van der Waals surface area contributed by atoms with Gasteiger partial charge in [0.25, 0.3) is 5.91 Å². The molecule has 0 radical (unpaired) electrons. The van der Waals surface area contributed by atoms with Gasteiger partial charge in [0.15, 0.2) is 0 Å². The first-order valence-electron chi connectivity index (χ1n) is 4.38. The standard InChI is InChI=1S/C10H7F2N3O/c11-5-1-2-6(7(12)3-5)8-4-9(10(13)16)15-14-8/h1-4H,(H2,13,16)(H,14,15). The van der Waals surface area contributed by atoms with E-state index < -0.39 is 17.5 Å². The third-order valence-corrected chi connectivity index (χ3v) is 2.05. The number of aromatic nitrogens is 2. The fourth-order valence-corrected chi connectivity index (χ4v) is 1.28. The summed E-state index contributed by atoms with van der Waals surface area (Å²) in [5.41, 5.74) is 5.37. The molecule has 0 saturated carbocycles. The summed E-state index contributed by atoms with van der Waals surface area (Å²) >= 11 is 0. The van der Waals surface area contributed by atoms with E-state index in [1.54, 1.807) is 0 Å². The number of carbonyl (C=O) groups is 1. The first-order valence-corrected chi connectivity index (χ1v) is 4.38. The SMILES string of the molecule is NC(=O)c1cc(-c2ccc(F)cc2F)n[nH]1. The fourth-order valence-electron chi connectivity index (χ4n) is 1.28. The van der Waals surface area contributed by atoms with Gasteiger partial charge in [-0.05, 0) is 18.2 Å². The highest BCUT2D eigenvalue weighted by Gasteiger charge is 2.11. The lowest BCUT2D eigenvalue weighted by molar-refractivity contribution is 0.0995. The summed E-state index contributed by atoms with van der Waals surface area (Å²) in [6, 6.07) is 4.40. The van der Waals surface area contributed by atoms with Crippen molar-refractivity contribution in [1.29, 1.82) is 0 Å². The molecule has 0 unspecified atom stereocenters. The van der Waals surface area contributed by atoms with Gasteiger partial charge in [0, 0.05) is 11.6 Å². The molecule has 0 aliphatic heterocycles. The molecule has 1 aromatic heterocycles. The molecule has 2 rings (SSSR count). The lowest BCUT2D eigenvalue weighted by Crippen LogP contribution is -2.10. The monoisotopic (exact) mass is 223 g/mol. The smallest absolute Gasteiger partial charge is 0.266 e. The number of primary amides is 1. The Hall–Kier alpha value is -2.24. The minimum Gasteiger partial charge on any atom is -0.364 e. The number of H-pyrrole nitrogens is 1. The Labute approximate surface area is 89.1 Å². The molecular weight excluding hydrogens is 216 g/mol. The molecule has 1 amide bonds. The molecule has 0 saturated heterocycles. The fraction of sp³-hybridized carbons (Fsp3) is 0. The maximum absolute atomic E-state index is 13.3. The zero-order chi connectivity index (χ0) is 11.7. The summed E-state index contributed by atoms with van der Waals surface area (Å²) in [5.74, 6) is -2.12. The van der Waals surface area contributed by atoms with Crippen molar-refractivity contribution >= 4 is 5.91 Å². The van der Waals surface area contributed by atoms with E-state index in [0.29, 0.717) is 0 Å². The second-order valence-electron chi connectivity index (χ2n) is 3.16. The molecule has 82 valence electrons. The number of amides is 1. The van der Waals surface area contributed by atoms with Crippen LogP contribution in [-0.4, -0.2) is 16.1 Å². The van der Waals surface area contributed by atoms with E-state index in [9.17, 15) is 13.6 Å². The first kappa shape index (κ1) is 10.3. The van der Waals surface area contributed by atoms with Gasteiger partial charge in [0.1, 0.15) is 17.3 Å². The molecule has 0 aliphatic carbocycles. The van der Waals surface area contributed by atoms with Crippen LogP contribution in [0.2, 0.25) is 0 Å². The Morgan fingerprint density at radius 3 is 2.62 bits per heavy atom. The number of carbonyl (C=O) groups excluding carboxylic acids is 1. The van der Waals surface area contributed by atoms with Gasteiger partial charge in [-0.15, -0.1) is 0 Å². The van der Waals surface area contributed by atoms with E-state index in [2.05, 4.69) is 10.2 Å². The van der Waals surface area contributed by atoms with Crippen LogP contribution < -0.4 is 5.73 Å². The second-order valence-corrected chi connectivity index (χ2v) is 3.16. The van der Waals surface area contributed by atoms with Crippen LogP contribution in [0.4, 0.5) is 8.78 Å². The van der Waals surface area contributed by atoms with Crippen molar-refractivity contribution in [3.63, 3.8) is 0 Å². The minimum atomic E-state index is -0.748. The van der Waals surface area contributed by atoms with Crippen LogP contribution in [0.15, 0.2) is 24.3 Å². The van der Waals surface area contributed by atoms with Gasteiger partial charge in [-0.3, -0.25) is 9.89 Å². The van der Waals surface area contributed by atoms with Gasteiger partial charge in [-0.1, -0.05) is 0 Å². The molecule has 1 heterocycles. The van der Waals surface area contributed by atoms with Crippen LogP contribution >= 0.6 is 0 Å². The van der Waals surface area contributed by atoms with Gasteiger partial charge in [0.05, 0.1) is 5.69 Å². The van der Waals surface area contributed by atoms with E-state index >= 15 is 0 Å². The van der Waals surface area contributed by atoms with Gasteiger partial charge < -0.3 is 5.73 Å². The molecular formula is C10H7F2N3O. The molecule has 0 fully saturated rings. The molecule has 0 bridgehead atoms. The number of halogens is 2. The van der Waals surface area contributed by atoms with Crippen molar-refractivity contribution < 1.29 is 13.6 Å². The number of rotatable bonds is 2. The van der Waals surface area contributed by atoms with Crippen molar-refractivity contribution in [1.82, 2.24) is 10.2 Å². The number of benzene rings is 1. The Kier molecular flexibility index (Phi) is 2.40. The van der Waals surface area contributed by atoms with E-state index in [-0.39, 0.29) is 17.0 Å². The van der Waals surface area contributed by atoms with Crippen LogP contribution in [0.3, 0.4) is 0 Å². The van der Waals surface area contributed by atoms with E-state index in [1.165, 1.54) is 12.1 Å². The maximum atomic E-state index is 13.3. The summed E-state index contributed by atoms with van der Waals surface area (Å²) in [7, 11) is 0. The highest BCUT2D eigenvalue weighted by atomic mass is 19.1. The van der Waals surface area contributed by atoms with Crippen molar-refractivity contribution in [3.8, 4) is 11.3 Å². The molecule has 1 aromatic carbocycles. The summed E-state index contributed by atoms with van der Waals surface area (Å²) in [4.78, 5) is 10.8. The number of nitrogens with two attached hydrogens (primary N) is 1. The molecule has 6 heteroatoms. The Balaban J connectivity index is 2.46. The van der Waals surface area contributed by atoms with Crippen LogP contribution in [0.1, 0.15) is 10.5 Å². The zero-order valence-electron chi connectivity index (χ0n) is 8.00. The Morgan fingerprint density at radius 2 is 2.06 bits per heavy atom. The van der Waals surface area contributed by atoms with Gasteiger partial charge in [-0.2, -0.15) is 5.10 Å². The topological polar surface area (TPSA) is 71.8 Å². The zero-order valence-corrected chi connectivity index (χ0v) is 8.00. The highest BCUT2D eigenvalue weighted by molar-refractivity contribution is 5.91. The lowest BCUT2D eigenvalue weighted by atomic mass is 10.1. The molecule has 3 N–H and O–H groups in total.